The molecule has 0 radical (unpaired) electrons. The molecule has 1 nitrogen and oxygen atoms in total. The molecule has 2 aromatic carbocycles. The molecule has 2 aromatic rings. The molecule has 0 atom stereocenters. The Bertz CT molecular complexity index is 577. The number of hydrogen-bond donors (Lipinski definition) is 1. The average molecular weight is 269 g/mol. The first-order valence-corrected chi connectivity index (χ1v) is 8.06. The summed E-state index contributed by atoms with van der Waals surface area (Å²) in [5.41, 5.74) is 5.69. The molecule has 3 rings (SSSR count). The largest absolute Gasteiger partial charge is 0.381 e. The fourth-order valence-electron chi connectivity index (χ4n) is 2.67. The molecular formula is C17H19NS. The van der Waals surface area contributed by atoms with Gasteiger partial charge in [-0.2, -0.15) is 0 Å². The zero-order chi connectivity index (χ0) is 13.1. The van der Waals surface area contributed by atoms with Crippen LogP contribution >= 0.6 is 11.8 Å². The highest BCUT2D eigenvalue weighted by Gasteiger charge is 2.10. The van der Waals surface area contributed by atoms with E-state index >= 15 is 0 Å². The molecule has 0 unspecified atom stereocenters. The van der Waals surface area contributed by atoms with Crippen molar-refractivity contribution >= 4 is 17.4 Å². The smallest absolute Gasteiger partial charge is 0.0400 e. The number of aryl methyl sites for hydroxylation is 2. The van der Waals surface area contributed by atoms with Gasteiger partial charge in [-0.05, 0) is 60.4 Å². The van der Waals surface area contributed by atoms with Gasteiger partial charge in [0.2, 0.25) is 0 Å². The van der Waals surface area contributed by atoms with Crippen LogP contribution in [0.5, 0.6) is 0 Å². The summed E-state index contributed by atoms with van der Waals surface area (Å²) in [5, 5.41) is 3.51. The van der Waals surface area contributed by atoms with Gasteiger partial charge in [0, 0.05) is 17.1 Å². The van der Waals surface area contributed by atoms with E-state index in [1.807, 2.05) is 0 Å². The van der Waals surface area contributed by atoms with Crippen LogP contribution in [-0.4, -0.2) is 6.26 Å². The Morgan fingerprint density at radius 3 is 2.84 bits per heavy atom. The number of thioether (sulfide) groups is 1. The van der Waals surface area contributed by atoms with E-state index in [9.17, 15) is 0 Å². The topological polar surface area (TPSA) is 12.0 Å². The molecule has 0 saturated carbocycles. The molecule has 0 aliphatic heterocycles. The summed E-state index contributed by atoms with van der Waals surface area (Å²) in [6.07, 6.45) is 5.95. The van der Waals surface area contributed by atoms with Gasteiger partial charge in [-0.15, -0.1) is 11.8 Å². The normalized spacial score (nSPS) is 13.3. The number of benzene rings is 2. The van der Waals surface area contributed by atoms with Crippen molar-refractivity contribution in [3.63, 3.8) is 0 Å². The predicted octanol–water partition coefficient (Wildman–Crippen LogP) is 4.51. The Balaban J connectivity index is 1.68. The summed E-state index contributed by atoms with van der Waals surface area (Å²) >= 11 is 1.78. The monoisotopic (exact) mass is 269 g/mol. The Hall–Kier alpha value is -1.41. The third kappa shape index (κ3) is 2.95. The second-order valence-corrected chi connectivity index (χ2v) is 5.92. The van der Waals surface area contributed by atoms with Crippen LogP contribution in [0.1, 0.15) is 23.1 Å². The standard InChI is InChI=1S/C17H19NS/c1-19-17-7-3-6-16(11-17)18-12-13-8-9-14-4-2-5-15(14)10-13/h3,6-11,18H,2,4-5,12H2,1H3. The summed E-state index contributed by atoms with van der Waals surface area (Å²) in [4.78, 5) is 1.30. The van der Waals surface area contributed by atoms with E-state index in [0.717, 1.165) is 6.54 Å². The lowest BCUT2D eigenvalue weighted by Crippen LogP contribution is -2.00. The summed E-state index contributed by atoms with van der Waals surface area (Å²) in [5.74, 6) is 0. The Morgan fingerprint density at radius 1 is 1.05 bits per heavy atom. The van der Waals surface area contributed by atoms with Gasteiger partial charge in [-0.1, -0.05) is 24.3 Å². The number of nitrogens with one attached hydrogen (secondary N) is 1. The van der Waals surface area contributed by atoms with Gasteiger partial charge in [0.25, 0.3) is 0 Å². The van der Waals surface area contributed by atoms with Gasteiger partial charge in [-0.3, -0.25) is 0 Å². The summed E-state index contributed by atoms with van der Waals surface area (Å²) in [6, 6.07) is 15.5. The second kappa shape index (κ2) is 5.70. The Kier molecular flexibility index (Phi) is 3.79. The van der Waals surface area contributed by atoms with Crippen molar-refractivity contribution in [1.82, 2.24) is 0 Å². The molecule has 0 saturated heterocycles. The molecule has 1 aliphatic rings. The van der Waals surface area contributed by atoms with E-state index in [0.29, 0.717) is 0 Å². The first-order valence-electron chi connectivity index (χ1n) is 6.84. The number of anilines is 1. The van der Waals surface area contributed by atoms with Gasteiger partial charge in [0.1, 0.15) is 0 Å². The molecule has 0 spiro atoms. The Labute approximate surface area is 119 Å². The fourth-order valence-corrected chi connectivity index (χ4v) is 3.13. The summed E-state index contributed by atoms with van der Waals surface area (Å²) in [7, 11) is 0. The molecule has 0 fully saturated rings. The maximum Gasteiger partial charge on any atom is 0.0400 e. The van der Waals surface area contributed by atoms with E-state index in [1.54, 1.807) is 22.9 Å². The molecule has 2 heteroatoms. The van der Waals surface area contributed by atoms with Crippen molar-refractivity contribution in [1.29, 1.82) is 0 Å². The zero-order valence-corrected chi connectivity index (χ0v) is 12.1. The van der Waals surface area contributed by atoms with Crippen molar-refractivity contribution in [2.24, 2.45) is 0 Å². The van der Waals surface area contributed by atoms with E-state index in [-0.39, 0.29) is 0 Å². The molecule has 0 bridgehead atoms. The van der Waals surface area contributed by atoms with E-state index in [2.05, 4.69) is 54.0 Å². The van der Waals surface area contributed by atoms with Crippen LogP contribution in [0, 0.1) is 0 Å². The van der Waals surface area contributed by atoms with E-state index < -0.39 is 0 Å². The molecule has 0 amide bonds. The SMILES string of the molecule is CSc1cccc(NCc2ccc3c(c2)CCC3)c1. The van der Waals surface area contributed by atoms with Crippen molar-refractivity contribution in [2.75, 3.05) is 11.6 Å². The Morgan fingerprint density at radius 2 is 1.95 bits per heavy atom. The van der Waals surface area contributed by atoms with Gasteiger partial charge in [-0.25, -0.2) is 0 Å². The molecular weight excluding hydrogens is 250 g/mol. The first kappa shape index (κ1) is 12.6. The lowest BCUT2D eigenvalue weighted by molar-refractivity contribution is 0.911. The van der Waals surface area contributed by atoms with Crippen molar-refractivity contribution in [3.05, 3.63) is 59.2 Å². The third-order valence-corrected chi connectivity index (χ3v) is 4.45. The van der Waals surface area contributed by atoms with Crippen LogP contribution in [0.25, 0.3) is 0 Å². The third-order valence-electron chi connectivity index (χ3n) is 3.73. The van der Waals surface area contributed by atoms with Crippen LogP contribution in [0.3, 0.4) is 0 Å². The van der Waals surface area contributed by atoms with Crippen LogP contribution in [-0.2, 0) is 19.4 Å². The maximum absolute atomic E-state index is 3.51. The van der Waals surface area contributed by atoms with Crippen molar-refractivity contribution in [3.8, 4) is 0 Å². The van der Waals surface area contributed by atoms with Crippen LogP contribution in [0.4, 0.5) is 5.69 Å². The van der Waals surface area contributed by atoms with Crippen LogP contribution < -0.4 is 5.32 Å². The summed E-state index contributed by atoms with van der Waals surface area (Å²) < 4.78 is 0. The number of fused-ring (bicyclic) bond motifs is 1. The van der Waals surface area contributed by atoms with Crippen molar-refractivity contribution < 1.29 is 0 Å². The van der Waals surface area contributed by atoms with Gasteiger partial charge < -0.3 is 5.32 Å². The first-order chi connectivity index (χ1) is 9.35. The highest BCUT2D eigenvalue weighted by molar-refractivity contribution is 7.98. The molecule has 0 aromatic heterocycles. The van der Waals surface area contributed by atoms with Crippen molar-refractivity contribution in [2.45, 2.75) is 30.7 Å². The summed E-state index contributed by atoms with van der Waals surface area (Å²) in [6.45, 7) is 0.908. The minimum absolute atomic E-state index is 0.908. The predicted molar refractivity (Wildman–Crippen MR) is 84.0 cm³/mol. The van der Waals surface area contributed by atoms with E-state index in [4.69, 9.17) is 0 Å². The van der Waals surface area contributed by atoms with Crippen LogP contribution in [0.15, 0.2) is 47.4 Å². The van der Waals surface area contributed by atoms with Gasteiger partial charge in [0.05, 0.1) is 0 Å². The fraction of sp³-hybridized carbons (Fsp3) is 0.294. The number of hydrogen-bond acceptors (Lipinski definition) is 2. The quantitative estimate of drug-likeness (QED) is 0.820. The highest BCUT2D eigenvalue weighted by Crippen LogP contribution is 2.24. The maximum atomic E-state index is 3.51. The zero-order valence-electron chi connectivity index (χ0n) is 11.3. The molecule has 19 heavy (non-hydrogen) atoms. The van der Waals surface area contributed by atoms with E-state index in [1.165, 1.54) is 35.4 Å². The minimum Gasteiger partial charge on any atom is -0.381 e. The van der Waals surface area contributed by atoms with Gasteiger partial charge in [0.15, 0.2) is 0 Å². The second-order valence-electron chi connectivity index (χ2n) is 5.04. The molecule has 1 N–H and O–H groups in total. The average Bonchev–Trinajstić information content (AvgIpc) is 2.93. The minimum atomic E-state index is 0.908. The highest BCUT2D eigenvalue weighted by atomic mass is 32.2. The lowest BCUT2D eigenvalue weighted by atomic mass is 10.1. The van der Waals surface area contributed by atoms with Crippen LogP contribution in [0.2, 0.25) is 0 Å². The molecule has 0 heterocycles. The lowest BCUT2D eigenvalue weighted by Gasteiger charge is -2.09. The molecule has 98 valence electrons. The number of rotatable bonds is 4. The molecule has 1 aliphatic carbocycles. The van der Waals surface area contributed by atoms with Gasteiger partial charge >= 0.3 is 0 Å².